The smallest absolute Gasteiger partial charge is 0.353 e. The molecule has 0 atom stereocenters. The van der Waals surface area contributed by atoms with Gasteiger partial charge in [-0.2, -0.15) is 0 Å². The fraction of sp³-hybridized carbons (Fsp3) is 0.385. The molecule has 0 heterocycles. The van der Waals surface area contributed by atoms with Crippen molar-refractivity contribution in [2.24, 2.45) is 0 Å². The number of benzene rings is 1. The number of methoxy groups -OCH3 is 2. The van der Waals surface area contributed by atoms with E-state index in [1.54, 1.807) is 6.92 Å². The Hall–Kier alpha value is -2.31. The summed E-state index contributed by atoms with van der Waals surface area (Å²) in [7, 11) is 2.77. The third-order valence-corrected chi connectivity index (χ3v) is 2.51. The fourth-order valence-corrected chi connectivity index (χ4v) is 1.68. The molecule has 1 rings (SSSR count). The van der Waals surface area contributed by atoms with Gasteiger partial charge in [0.15, 0.2) is 0 Å². The zero-order chi connectivity index (χ0) is 15.1. The molecule has 0 aliphatic heterocycles. The lowest BCUT2D eigenvalue weighted by molar-refractivity contribution is -0.182. The van der Waals surface area contributed by atoms with E-state index in [9.17, 15) is 14.1 Å². The third-order valence-electron chi connectivity index (χ3n) is 2.51. The first-order chi connectivity index (χ1) is 9.57. The Labute approximate surface area is 115 Å². The molecule has 0 aliphatic rings. The maximum absolute atomic E-state index is 11.9. The lowest BCUT2D eigenvalue weighted by Gasteiger charge is -2.14. The van der Waals surface area contributed by atoms with Crippen LogP contribution in [0.25, 0.3) is 0 Å². The molecule has 0 aromatic heterocycles. The molecule has 0 bridgehead atoms. The van der Waals surface area contributed by atoms with E-state index >= 15 is 0 Å². The summed E-state index contributed by atoms with van der Waals surface area (Å²) >= 11 is 0. The van der Waals surface area contributed by atoms with Gasteiger partial charge in [0.05, 0.1) is 27.2 Å². The maximum atomic E-state index is 11.9. The Morgan fingerprint density at radius 1 is 1.20 bits per heavy atom. The number of esters is 1. The summed E-state index contributed by atoms with van der Waals surface area (Å²) in [5.74, 6) is -1.28. The van der Waals surface area contributed by atoms with Crippen LogP contribution in [-0.2, 0) is 20.9 Å². The topological polar surface area (TPSA) is 71.1 Å². The molecular formula is C13H15FO6. The Kier molecular flexibility index (Phi) is 5.76. The van der Waals surface area contributed by atoms with Crippen molar-refractivity contribution in [2.45, 2.75) is 13.3 Å². The van der Waals surface area contributed by atoms with Crippen molar-refractivity contribution in [1.82, 2.24) is 0 Å². The monoisotopic (exact) mass is 286 g/mol. The molecule has 0 radical (unpaired) electrons. The first-order valence-corrected chi connectivity index (χ1v) is 5.80. The van der Waals surface area contributed by atoms with E-state index in [1.807, 2.05) is 0 Å². The Morgan fingerprint density at radius 3 is 2.40 bits per heavy atom. The van der Waals surface area contributed by atoms with Crippen molar-refractivity contribution in [3.05, 3.63) is 23.3 Å². The number of carbonyl (C=O) groups is 2. The summed E-state index contributed by atoms with van der Waals surface area (Å²) in [6, 6.07) is 2.89. The normalized spacial score (nSPS) is 9.80. The van der Waals surface area contributed by atoms with Crippen molar-refractivity contribution in [3.8, 4) is 11.5 Å². The van der Waals surface area contributed by atoms with Gasteiger partial charge in [0.25, 0.3) is 0 Å². The van der Waals surface area contributed by atoms with Gasteiger partial charge in [-0.05, 0) is 18.6 Å². The molecular weight excluding hydrogens is 271 g/mol. The zero-order valence-corrected chi connectivity index (χ0v) is 11.4. The molecule has 0 amide bonds. The Bertz CT molecular complexity index is 500. The minimum absolute atomic E-state index is 0.0422. The number of hydrogen-bond donors (Lipinski definition) is 0. The van der Waals surface area contributed by atoms with E-state index in [1.165, 1.54) is 26.4 Å². The number of ether oxygens (including phenoxy) is 3. The summed E-state index contributed by atoms with van der Waals surface area (Å²) in [6.07, 6.45) is -0.446. The van der Waals surface area contributed by atoms with Gasteiger partial charge in [-0.1, -0.05) is 0 Å². The number of halogens is 1. The Morgan fingerprint density at radius 2 is 1.90 bits per heavy atom. The molecule has 110 valence electrons. The highest BCUT2D eigenvalue weighted by Gasteiger charge is 2.22. The number of carbonyl (C=O) groups excluding carboxylic acids is 2. The van der Waals surface area contributed by atoms with Crippen LogP contribution >= 0.6 is 0 Å². The van der Waals surface area contributed by atoms with Crippen molar-refractivity contribution in [1.29, 1.82) is 0 Å². The van der Waals surface area contributed by atoms with E-state index in [-0.39, 0.29) is 23.5 Å². The van der Waals surface area contributed by atoms with Gasteiger partial charge < -0.3 is 14.2 Å². The predicted octanol–water partition coefficient (Wildman–Crippen LogP) is 1.85. The van der Waals surface area contributed by atoms with Crippen molar-refractivity contribution in [3.63, 3.8) is 0 Å². The van der Waals surface area contributed by atoms with Crippen LogP contribution in [0.1, 0.15) is 22.8 Å². The second-order valence-electron chi connectivity index (χ2n) is 3.71. The quantitative estimate of drug-likeness (QED) is 0.743. The van der Waals surface area contributed by atoms with Gasteiger partial charge >= 0.3 is 11.9 Å². The van der Waals surface area contributed by atoms with E-state index in [0.29, 0.717) is 5.75 Å². The summed E-state index contributed by atoms with van der Waals surface area (Å²) < 4.78 is 26.9. The lowest BCUT2D eigenvalue weighted by Crippen LogP contribution is -2.13. The molecule has 0 N–H and O–H groups in total. The van der Waals surface area contributed by atoms with Crippen LogP contribution < -0.4 is 9.47 Å². The predicted molar refractivity (Wildman–Crippen MR) is 66.4 cm³/mol. The van der Waals surface area contributed by atoms with Crippen LogP contribution in [0.2, 0.25) is 0 Å². The molecule has 0 aliphatic carbocycles. The zero-order valence-electron chi connectivity index (χ0n) is 11.4. The first-order valence-electron chi connectivity index (χ1n) is 5.80. The summed E-state index contributed by atoms with van der Waals surface area (Å²) in [5, 5.41) is 0. The SMILES string of the molecule is CCOC(=O)c1c(CC(=O)OF)cc(OC)cc1OC. The van der Waals surface area contributed by atoms with Crippen LogP contribution in [0.3, 0.4) is 0 Å². The second-order valence-corrected chi connectivity index (χ2v) is 3.71. The molecule has 6 nitrogen and oxygen atoms in total. The van der Waals surface area contributed by atoms with Gasteiger partial charge in [0.2, 0.25) is 0 Å². The van der Waals surface area contributed by atoms with Gasteiger partial charge in [-0.25, -0.2) is 9.59 Å². The molecule has 0 saturated heterocycles. The molecule has 7 heteroatoms. The standard InChI is InChI=1S/C13H15FO6/c1-4-19-13(16)12-8(6-11(15)20-14)5-9(17-2)7-10(12)18-3/h5,7H,4,6H2,1-3H3. The van der Waals surface area contributed by atoms with Gasteiger partial charge in [-0.15, -0.1) is 0 Å². The lowest BCUT2D eigenvalue weighted by atomic mass is 10.0. The molecule has 1 aromatic carbocycles. The van der Waals surface area contributed by atoms with E-state index in [0.717, 1.165) is 0 Å². The second kappa shape index (κ2) is 7.32. The van der Waals surface area contributed by atoms with E-state index in [2.05, 4.69) is 4.94 Å². The van der Waals surface area contributed by atoms with Crippen LogP contribution in [-0.4, -0.2) is 32.8 Å². The van der Waals surface area contributed by atoms with Gasteiger partial charge in [0.1, 0.15) is 17.1 Å². The molecule has 0 fully saturated rings. The van der Waals surface area contributed by atoms with Gasteiger partial charge in [-0.3, -0.25) is 4.94 Å². The first kappa shape index (κ1) is 15.7. The molecule has 20 heavy (non-hydrogen) atoms. The minimum atomic E-state index is -1.13. The Balaban J connectivity index is 3.33. The highest BCUT2D eigenvalue weighted by atomic mass is 19.3. The van der Waals surface area contributed by atoms with Gasteiger partial charge in [0, 0.05) is 10.6 Å². The highest BCUT2D eigenvalue weighted by Crippen LogP contribution is 2.30. The number of rotatable bonds is 6. The van der Waals surface area contributed by atoms with E-state index < -0.39 is 18.4 Å². The largest absolute Gasteiger partial charge is 0.497 e. The average molecular weight is 286 g/mol. The number of hydrogen-bond acceptors (Lipinski definition) is 6. The maximum Gasteiger partial charge on any atom is 0.353 e. The van der Waals surface area contributed by atoms with Crippen LogP contribution in [0.5, 0.6) is 11.5 Å². The molecule has 0 saturated carbocycles. The molecule has 0 unspecified atom stereocenters. The van der Waals surface area contributed by atoms with Crippen LogP contribution in [0.15, 0.2) is 12.1 Å². The highest BCUT2D eigenvalue weighted by molar-refractivity contribution is 5.96. The molecule has 1 aromatic rings. The third kappa shape index (κ3) is 3.59. The summed E-state index contributed by atoms with van der Waals surface area (Å²) in [6.45, 7) is 1.80. The average Bonchev–Trinajstić information content (AvgIpc) is 2.46. The van der Waals surface area contributed by atoms with Crippen molar-refractivity contribution >= 4 is 11.9 Å². The van der Waals surface area contributed by atoms with Crippen LogP contribution in [0, 0.1) is 0 Å². The van der Waals surface area contributed by atoms with E-state index in [4.69, 9.17) is 14.2 Å². The minimum Gasteiger partial charge on any atom is -0.497 e. The summed E-state index contributed by atoms with van der Waals surface area (Å²) in [4.78, 5) is 26.1. The van der Waals surface area contributed by atoms with Crippen molar-refractivity contribution in [2.75, 3.05) is 20.8 Å². The fourth-order valence-electron chi connectivity index (χ4n) is 1.68. The molecule has 0 spiro atoms. The summed E-state index contributed by atoms with van der Waals surface area (Å²) in [5.41, 5.74) is 0.239. The van der Waals surface area contributed by atoms with Crippen molar-refractivity contribution < 1.29 is 33.3 Å². The van der Waals surface area contributed by atoms with Crippen LogP contribution in [0.4, 0.5) is 4.53 Å².